The van der Waals surface area contributed by atoms with Gasteiger partial charge < -0.3 is 0 Å². The van der Waals surface area contributed by atoms with Gasteiger partial charge >= 0.3 is 0 Å². The lowest BCUT2D eigenvalue weighted by molar-refractivity contribution is 0.689. The average Bonchev–Trinajstić information content (AvgIpc) is 3.25. The van der Waals surface area contributed by atoms with Crippen LogP contribution in [-0.2, 0) is 12.8 Å². The van der Waals surface area contributed by atoms with Crippen molar-refractivity contribution in [1.29, 1.82) is 0 Å². The molecule has 0 fully saturated rings. The van der Waals surface area contributed by atoms with Crippen molar-refractivity contribution in [1.82, 2.24) is 4.98 Å². The van der Waals surface area contributed by atoms with Crippen LogP contribution in [0.15, 0.2) is 181 Å². The van der Waals surface area contributed by atoms with Crippen LogP contribution in [0.5, 0.6) is 0 Å². The van der Waals surface area contributed by atoms with Crippen molar-refractivity contribution in [2.24, 2.45) is 4.99 Å². The number of aromatic nitrogens is 1. The molecule has 266 valence electrons. The van der Waals surface area contributed by atoms with Crippen LogP contribution in [0.25, 0.3) is 60.6 Å². The zero-order valence-corrected chi connectivity index (χ0v) is 31.5. The van der Waals surface area contributed by atoms with Gasteiger partial charge in [0.2, 0.25) is 0 Å². The van der Waals surface area contributed by atoms with Crippen molar-refractivity contribution in [3.63, 3.8) is 0 Å². The van der Waals surface area contributed by atoms with Gasteiger partial charge in [0.05, 0.1) is 5.70 Å². The summed E-state index contributed by atoms with van der Waals surface area (Å²) >= 11 is 0. The molecule has 0 aliphatic heterocycles. The molecular weight excluding hydrogens is 665 g/mol. The molecule has 0 spiro atoms. The van der Waals surface area contributed by atoms with Gasteiger partial charge in [-0.05, 0) is 122 Å². The topological polar surface area (TPSA) is 25.2 Å². The quantitative estimate of drug-likeness (QED) is 0.144. The minimum Gasteiger partial charge on any atom is -0.264 e. The summed E-state index contributed by atoms with van der Waals surface area (Å²) in [6, 6.07) is 57.2. The number of hydrogen-bond acceptors (Lipinski definition) is 2. The summed E-state index contributed by atoms with van der Waals surface area (Å²) < 4.78 is 0. The van der Waals surface area contributed by atoms with Crippen molar-refractivity contribution in [2.75, 3.05) is 0 Å². The summed E-state index contributed by atoms with van der Waals surface area (Å²) in [5.41, 5.74) is 16.2. The van der Waals surface area contributed by atoms with E-state index in [1.807, 2.05) is 18.5 Å². The van der Waals surface area contributed by atoms with E-state index in [0.29, 0.717) is 0 Å². The normalized spacial score (nSPS) is 13.9. The number of allylic oxidation sites excluding steroid dienone is 1. The first-order valence-electron chi connectivity index (χ1n) is 19.6. The average molecular weight is 709 g/mol. The highest BCUT2D eigenvalue weighted by Crippen LogP contribution is 2.45. The monoisotopic (exact) mass is 708 g/mol. The molecular formula is C53H44N2. The number of nitrogens with zero attached hydrogens (tertiary/aromatic N) is 2. The van der Waals surface area contributed by atoms with Crippen molar-refractivity contribution in [2.45, 2.75) is 45.4 Å². The van der Waals surface area contributed by atoms with Crippen LogP contribution in [0.4, 0.5) is 0 Å². The number of aliphatic imine (C=N–C) groups is 1. The van der Waals surface area contributed by atoms with E-state index in [1.165, 1.54) is 78.9 Å². The first kappa shape index (κ1) is 34.4. The molecule has 0 radical (unpaired) electrons. The Morgan fingerprint density at radius 3 is 2.00 bits per heavy atom. The van der Waals surface area contributed by atoms with Gasteiger partial charge in [-0.1, -0.05) is 153 Å². The van der Waals surface area contributed by atoms with E-state index in [4.69, 9.17) is 4.99 Å². The number of pyridine rings is 1. The Kier molecular flexibility index (Phi) is 9.48. The minimum atomic E-state index is 0.0989. The molecule has 1 aliphatic rings. The highest BCUT2D eigenvalue weighted by molar-refractivity contribution is 6.09. The molecule has 8 aromatic rings. The van der Waals surface area contributed by atoms with E-state index in [1.54, 1.807) is 0 Å². The van der Waals surface area contributed by atoms with Gasteiger partial charge in [0, 0.05) is 35.2 Å². The number of rotatable bonds is 8. The molecule has 0 N–H and O–H groups in total. The smallest absolute Gasteiger partial charge is 0.0671 e. The lowest BCUT2D eigenvalue weighted by Crippen LogP contribution is -2.08. The molecule has 0 saturated carbocycles. The fourth-order valence-electron chi connectivity index (χ4n) is 8.66. The zero-order valence-electron chi connectivity index (χ0n) is 31.5. The van der Waals surface area contributed by atoms with Gasteiger partial charge in [-0.15, -0.1) is 0 Å². The number of hydrogen-bond donors (Lipinski definition) is 0. The number of benzene rings is 7. The van der Waals surface area contributed by atoms with Crippen molar-refractivity contribution in [3.8, 4) is 33.4 Å². The van der Waals surface area contributed by atoms with Gasteiger partial charge in [-0.3, -0.25) is 9.98 Å². The van der Waals surface area contributed by atoms with Gasteiger partial charge in [0.15, 0.2) is 0 Å². The number of fused-ring (bicyclic) bond motifs is 3. The molecule has 9 rings (SSSR count). The van der Waals surface area contributed by atoms with E-state index in [2.05, 4.69) is 177 Å². The molecule has 1 atom stereocenters. The van der Waals surface area contributed by atoms with Crippen LogP contribution in [0.1, 0.15) is 60.4 Å². The second-order valence-electron chi connectivity index (χ2n) is 14.8. The molecule has 2 heteroatoms. The second-order valence-corrected chi connectivity index (χ2v) is 14.8. The first-order valence-corrected chi connectivity index (χ1v) is 19.6. The maximum absolute atomic E-state index is 5.50. The Hall–Kier alpha value is -6.38. The van der Waals surface area contributed by atoms with Crippen LogP contribution in [0.3, 0.4) is 0 Å². The standard InChI is InChI=1S/C53H44N2/c1-36(45-23-8-9-24-46(45)44-22-15-31-54-35-44)32-51(42-30-29-38-16-6-7-19-41(38)34-42)55-37(2)40-20-14-21-43(33-40)53-49-27-12-10-25-47(49)52(39-17-4-3-5-18-39)48-26-11-13-28-50(48)53/h3-10,12,14-25,27,29-36H,11,13,26,28H2,1-2H3/b51-32-,55-37+. The van der Waals surface area contributed by atoms with Crippen molar-refractivity contribution >= 4 is 33.0 Å². The van der Waals surface area contributed by atoms with Crippen molar-refractivity contribution in [3.05, 3.63) is 204 Å². The summed E-state index contributed by atoms with van der Waals surface area (Å²) in [5.74, 6) is 0.0989. The summed E-state index contributed by atoms with van der Waals surface area (Å²) in [6.45, 7) is 4.43. The van der Waals surface area contributed by atoms with E-state index in [-0.39, 0.29) is 5.92 Å². The largest absolute Gasteiger partial charge is 0.264 e. The van der Waals surface area contributed by atoms with Gasteiger partial charge in [0.1, 0.15) is 0 Å². The van der Waals surface area contributed by atoms with Gasteiger partial charge in [-0.2, -0.15) is 0 Å². The van der Waals surface area contributed by atoms with Crippen LogP contribution in [0.2, 0.25) is 0 Å². The van der Waals surface area contributed by atoms with Crippen molar-refractivity contribution < 1.29 is 0 Å². The molecule has 1 unspecified atom stereocenters. The van der Waals surface area contributed by atoms with Crippen LogP contribution >= 0.6 is 0 Å². The molecule has 55 heavy (non-hydrogen) atoms. The Morgan fingerprint density at radius 2 is 1.24 bits per heavy atom. The van der Waals surface area contributed by atoms with Gasteiger partial charge in [-0.25, -0.2) is 0 Å². The minimum absolute atomic E-state index is 0.0989. The molecule has 7 aromatic carbocycles. The molecule has 1 aromatic heterocycles. The molecule has 0 bridgehead atoms. The molecule has 1 aliphatic carbocycles. The predicted molar refractivity (Wildman–Crippen MR) is 234 cm³/mol. The summed E-state index contributed by atoms with van der Waals surface area (Å²) in [7, 11) is 0. The summed E-state index contributed by atoms with van der Waals surface area (Å²) in [5, 5.41) is 5.09. The van der Waals surface area contributed by atoms with E-state index >= 15 is 0 Å². The Morgan fingerprint density at radius 1 is 0.582 bits per heavy atom. The highest BCUT2D eigenvalue weighted by atomic mass is 14.8. The fourth-order valence-corrected chi connectivity index (χ4v) is 8.66. The van der Waals surface area contributed by atoms with E-state index in [9.17, 15) is 0 Å². The van der Waals surface area contributed by atoms with Crippen LogP contribution in [-0.4, -0.2) is 10.7 Å². The highest BCUT2D eigenvalue weighted by Gasteiger charge is 2.23. The van der Waals surface area contributed by atoms with E-state index in [0.717, 1.165) is 40.9 Å². The Bertz CT molecular complexity index is 2720. The van der Waals surface area contributed by atoms with Crippen LogP contribution < -0.4 is 0 Å². The third-order valence-electron chi connectivity index (χ3n) is 11.3. The Balaban J connectivity index is 1.17. The second kappa shape index (κ2) is 15.2. The fraction of sp³-hybridized carbons (Fsp3) is 0.132. The summed E-state index contributed by atoms with van der Waals surface area (Å²) in [4.78, 5) is 9.92. The maximum atomic E-state index is 5.50. The molecule has 0 amide bonds. The first-order chi connectivity index (χ1) is 27.1. The Labute approximate surface area is 324 Å². The van der Waals surface area contributed by atoms with Gasteiger partial charge in [0.25, 0.3) is 0 Å². The maximum Gasteiger partial charge on any atom is 0.0671 e. The van der Waals surface area contributed by atoms with Crippen LogP contribution in [0, 0.1) is 0 Å². The third-order valence-corrected chi connectivity index (χ3v) is 11.3. The van der Waals surface area contributed by atoms with E-state index < -0.39 is 0 Å². The lowest BCUT2D eigenvalue weighted by Gasteiger charge is -2.26. The molecule has 1 heterocycles. The SMILES string of the molecule is C/C(=N\C(=C/C(C)c1ccccc1-c1cccnc1)c1ccc2ccccc2c1)c1cccc(-c2c3c(c(-c4ccccc4)c4ccccc24)CCCC3)c1. The lowest BCUT2D eigenvalue weighted by atomic mass is 9.78. The zero-order chi connectivity index (χ0) is 37.1. The summed E-state index contributed by atoms with van der Waals surface area (Å²) in [6.07, 6.45) is 10.8. The molecule has 2 nitrogen and oxygen atoms in total. The predicted octanol–water partition coefficient (Wildman–Crippen LogP) is 13.9. The molecule has 0 saturated heterocycles. The third kappa shape index (κ3) is 6.81.